The molecule has 0 unspecified atom stereocenters. The molecule has 9 aromatic carbocycles. The molecular formula is C49H32N2O. The van der Waals surface area contributed by atoms with Gasteiger partial charge < -0.3 is 9.32 Å². The summed E-state index contributed by atoms with van der Waals surface area (Å²) < 4.78 is 6.33. The van der Waals surface area contributed by atoms with E-state index < -0.39 is 0 Å². The van der Waals surface area contributed by atoms with Gasteiger partial charge in [-0.05, 0) is 122 Å². The Balaban J connectivity index is 0.972. The molecule has 244 valence electrons. The molecule has 0 saturated heterocycles. The van der Waals surface area contributed by atoms with Crippen LogP contribution < -0.4 is 4.90 Å². The van der Waals surface area contributed by atoms with Gasteiger partial charge >= 0.3 is 0 Å². The van der Waals surface area contributed by atoms with Gasteiger partial charge in [0.25, 0.3) is 0 Å². The topological polar surface area (TPSA) is 29.3 Å². The van der Waals surface area contributed by atoms with Gasteiger partial charge in [-0.1, -0.05) is 121 Å². The van der Waals surface area contributed by atoms with Gasteiger partial charge in [-0.15, -0.1) is 0 Å². The molecule has 3 heteroatoms. The molecule has 0 N–H and O–H groups in total. The van der Waals surface area contributed by atoms with E-state index in [1.165, 1.54) is 43.8 Å². The Morgan fingerprint density at radius 3 is 1.58 bits per heavy atom. The molecule has 52 heavy (non-hydrogen) atoms. The number of nitrogens with zero attached hydrogens (tertiary/aromatic N) is 2. The Morgan fingerprint density at radius 1 is 0.346 bits per heavy atom. The van der Waals surface area contributed by atoms with Crippen molar-refractivity contribution in [3.05, 3.63) is 194 Å². The van der Waals surface area contributed by atoms with E-state index >= 15 is 0 Å². The van der Waals surface area contributed by atoms with Crippen molar-refractivity contribution in [2.75, 3.05) is 4.90 Å². The first kappa shape index (κ1) is 29.9. The van der Waals surface area contributed by atoms with Crippen LogP contribution in [0.3, 0.4) is 0 Å². The third kappa shape index (κ3) is 5.28. The van der Waals surface area contributed by atoms with Gasteiger partial charge in [-0.3, -0.25) is 0 Å². The molecule has 0 saturated carbocycles. The zero-order chi connectivity index (χ0) is 34.4. The highest BCUT2D eigenvalue weighted by Crippen LogP contribution is 2.39. The Bertz CT molecular complexity index is 2880. The predicted molar refractivity (Wildman–Crippen MR) is 218 cm³/mol. The zero-order valence-electron chi connectivity index (χ0n) is 28.3. The van der Waals surface area contributed by atoms with E-state index in [0.717, 1.165) is 44.5 Å². The summed E-state index contributed by atoms with van der Waals surface area (Å²) in [5.74, 6) is 0.644. The molecule has 0 spiro atoms. The summed E-state index contributed by atoms with van der Waals surface area (Å²) in [6.45, 7) is 0. The normalized spacial score (nSPS) is 11.5. The van der Waals surface area contributed by atoms with E-state index in [-0.39, 0.29) is 0 Å². The molecule has 0 atom stereocenters. The first-order chi connectivity index (χ1) is 25.7. The van der Waals surface area contributed by atoms with Crippen LogP contribution in [-0.4, -0.2) is 4.98 Å². The Hall–Kier alpha value is -6.97. The number of para-hydroxylation sites is 1. The summed E-state index contributed by atoms with van der Waals surface area (Å²) >= 11 is 0. The quantitative estimate of drug-likeness (QED) is 0.166. The highest BCUT2D eigenvalue weighted by molar-refractivity contribution is 6.15. The second kappa shape index (κ2) is 12.4. The minimum absolute atomic E-state index is 0.644. The van der Waals surface area contributed by atoms with Crippen molar-refractivity contribution in [1.82, 2.24) is 4.98 Å². The maximum absolute atomic E-state index is 6.33. The van der Waals surface area contributed by atoms with E-state index in [1.54, 1.807) is 0 Å². The second-order valence-electron chi connectivity index (χ2n) is 13.2. The molecule has 0 bridgehead atoms. The highest BCUT2D eigenvalue weighted by atomic mass is 16.3. The molecule has 0 radical (unpaired) electrons. The van der Waals surface area contributed by atoms with Crippen molar-refractivity contribution in [3.63, 3.8) is 0 Å². The summed E-state index contributed by atoms with van der Waals surface area (Å²) in [6.07, 6.45) is 0. The van der Waals surface area contributed by atoms with E-state index in [1.807, 2.05) is 30.3 Å². The predicted octanol–water partition coefficient (Wildman–Crippen LogP) is 13.8. The minimum atomic E-state index is 0.644. The number of oxazole rings is 1. The van der Waals surface area contributed by atoms with E-state index in [0.29, 0.717) is 5.89 Å². The van der Waals surface area contributed by atoms with Gasteiger partial charge in [0.05, 0.1) is 0 Å². The summed E-state index contributed by atoms with van der Waals surface area (Å²) in [5.41, 5.74) is 10.8. The number of anilines is 3. The maximum Gasteiger partial charge on any atom is 0.227 e. The molecule has 0 aliphatic carbocycles. The molecule has 0 amide bonds. The number of fused-ring (bicyclic) bond motifs is 6. The van der Waals surface area contributed by atoms with Crippen LogP contribution in [0.2, 0.25) is 0 Å². The molecule has 1 heterocycles. The third-order valence-electron chi connectivity index (χ3n) is 10.1. The van der Waals surface area contributed by atoms with Crippen molar-refractivity contribution in [1.29, 1.82) is 0 Å². The van der Waals surface area contributed by atoms with Gasteiger partial charge in [-0.2, -0.15) is 0 Å². The standard InChI is InChI=1S/C49H32N2O/c1-3-10-36(11-4-1)49-50-47-30-29-45-44-27-21-39(32-40(44)22-28-46(45)48(47)52-49)35-19-25-43(26-20-35)51(41-13-5-2-6-14-41)42-23-17-34(18-24-42)38-16-15-33-9-7-8-12-37(33)31-38/h1-32H. The van der Waals surface area contributed by atoms with Crippen molar-refractivity contribution in [3.8, 4) is 33.7 Å². The fourth-order valence-electron chi connectivity index (χ4n) is 7.41. The molecule has 1 aromatic heterocycles. The Kier molecular flexibility index (Phi) is 7.14. The lowest BCUT2D eigenvalue weighted by molar-refractivity contribution is 0.623. The fourth-order valence-corrected chi connectivity index (χ4v) is 7.41. The number of rotatable bonds is 6. The average molecular weight is 665 g/mol. The third-order valence-corrected chi connectivity index (χ3v) is 10.1. The first-order valence-electron chi connectivity index (χ1n) is 17.6. The lowest BCUT2D eigenvalue weighted by Gasteiger charge is -2.26. The van der Waals surface area contributed by atoms with Crippen molar-refractivity contribution in [2.45, 2.75) is 0 Å². The van der Waals surface area contributed by atoms with Gasteiger partial charge in [0.15, 0.2) is 5.58 Å². The van der Waals surface area contributed by atoms with Crippen LogP contribution >= 0.6 is 0 Å². The zero-order valence-corrected chi connectivity index (χ0v) is 28.3. The molecule has 0 aliphatic heterocycles. The average Bonchev–Trinajstić information content (AvgIpc) is 3.67. The largest absolute Gasteiger partial charge is 0.435 e. The van der Waals surface area contributed by atoms with E-state index in [2.05, 4.69) is 169 Å². The van der Waals surface area contributed by atoms with Gasteiger partial charge in [0, 0.05) is 28.0 Å². The molecule has 10 rings (SSSR count). The van der Waals surface area contributed by atoms with Crippen molar-refractivity contribution in [2.24, 2.45) is 0 Å². The Morgan fingerprint density at radius 2 is 0.865 bits per heavy atom. The number of benzene rings is 9. The molecule has 10 aromatic rings. The number of aromatic nitrogens is 1. The van der Waals surface area contributed by atoms with E-state index in [4.69, 9.17) is 9.40 Å². The lowest BCUT2D eigenvalue weighted by atomic mass is 9.97. The van der Waals surface area contributed by atoms with Crippen LogP contribution in [0, 0.1) is 0 Å². The molecular weight excluding hydrogens is 633 g/mol. The van der Waals surface area contributed by atoms with Crippen molar-refractivity contribution < 1.29 is 4.42 Å². The van der Waals surface area contributed by atoms with Crippen LogP contribution in [-0.2, 0) is 0 Å². The van der Waals surface area contributed by atoms with Gasteiger partial charge in [0.2, 0.25) is 5.89 Å². The maximum atomic E-state index is 6.33. The Labute approximate surface area is 301 Å². The van der Waals surface area contributed by atoms with Crippen molar-refractivity contribution >= 4 is 60.5 Å². The minimum Gasteiger partial charge on any atom is -0.435 e. The molecule has 0 fully saturated rings. The smallest absolute Gasteiger partial charge is 0.227 e. The SMILES string of the molecule is c1ccc(-c2nc3ccc4c5ccc(-c6ccc(N(c7ccccc7)c7ccc(-c8ccc9ccccc9c8)cc7)cc6)cc5ccc4c3o2)cc1. The van der Waals surface area contributed by atoms with Crippen LogP contribution in [0.4, 0.5) is 17.1 Å². The van der Waals surface area contributed by atoms with Crippen LogP contribution in [0.5, 0.6) is 0 Å². The summed E-state index contributed by atoms with van der Waals surface area (Å²) in [5, 5.41) is 7.12. The number of hydrogen-bond donors (Lipinski definition) is 0. The van der Waals surface area contributed by atoms with E-state index in [9.17, 15) is 0 Å². The van der Waals surface area contributed by atoms with Gasteiger partial charge in [0.1, 0.15) is 5.52 Å². The second-order valence-corrected chi connectivity index (χ2v) is 13.2. The summed E-state index contributed by atoms with van der Waals surface area (Å²) in [7, 11) is 0. The lowest BCUT2D eigenvalue weighted by Crippen LogP contribution is -2.09. The molecule has 0 aliphatic rings. The summed E-state index contributed by atoms with van der Waals surface area (Å²) in [6, 6.07) is 68.9. The first-order valence-corrected chi connectivity index (χ1v) is 17.6. The summed E-state index contributed by atoms with van der Waals surface area (Å²) in [4.78, 5) is 7.09. The fraction of sp³-hybridized carbons (Fsp3) is 0. The van der Waals surface area contributed by atoms with Crippen LogP contribution in [0.1, 0.15) is 0 Å². The van der Waals surface area contributed by atoms with Gasteiger partial charge in [-0.25, -0.2) is 4.98 Å². The van der Waals surface area contributed by atoms with Crippen LogP contribution in [0.25, 0.3) is 77.1 Å². The highest BCUT2D eigenvalue weighted by Gasteiger charge is 2.15. The monoisotopic (exact) mass is 664 g/mol. The number of hydrogen-bond acceptors (Lipinski definition) is 3. The molecule has 3 nitrogen and oxygen atoms in total. The van der Waals surface area contributed by atoms with Crippen LogP contribution in [0.15, 0.2) is 199 Å².